The highest BCUT2D eigenvalue weighted by molar-refractivity contribution is 9.09. The minimum absolute atomic E-state index is 0.0710. The number of alkyl halides is 1. The molecule has 1 aliphatic heterocycles. The van der Waals surface area contributed by atoms with Crippen molar-refractivity contribution in [2.75, 3.05) is 16.8 Å². The lowest BCUT2D eigenvalue weighted by atomic mass is 10.1. The second kappa shape index (κ2) is 5.74. The predicted octanol–water partition coefficient (Wildman–Crippen LogP) is 2.70. The number of carboxylic acid groups (broad SMARTS) is 1. The molecule has 102 valence electrons. The maximum atomic E-state index is 12.1. The summed E-state index contributed by atoms with van der Waals surface area (Å²) in [6.07, 6.45) is 1.30. The molecule has 1 saturated heterocycles. The molecule has 1 unspecified atom stereocenters. The Hall–Kier alpha value is -1.36. The number of nitrogens with zero attached hydrogens (tertiary/aromatic N) is 1. The van der Waals surface area contributed by atoms with Crippen LogP contribution in [0.2, 0.25) is 0 Å². The fraction of sp³-hybridized carbons (Fsp3) is 0.429. The minimum atomic E-state index is -0.965. The normalized spacial score (nSPS) is 18.9. The molecule has 1 amide bonds. The van der Waals surface area contributed by atoms with E-state index < -0.39 is 5.97 Å². The number of carboxylic acids is 1. The fourth-order valence-electron chi connectivity index (χ4n) is 2.36. The molecule has 1 N–H and O–H groups in total. The van der Waals surface area contributed by atoms with Gasteiger partial charge >= 0.3 is 5.97 Å². The highest BCUT2D eigenvalue weighted by atomic mass is 79.9. The Balaban J connectivity index is 2.39. The summed E-state index contributed by atoms with van der Waals surface area (Å²) in [4.78, 5) is 24.8. The zero-order valence-electron chi connectivity index (χ0n) is 10.7. The summed E-state index contributed by atoms with van der Waals surface area (Å²) in [6.45, 7) is 2.65. The van der Waals surface area contributed by atoms with Gasteiger partial charge in [-0.15, -0.1) is 0 Å². The van der Waals surface area contributed by atoms with Crippen molar-refractivity contribution < 1.29 is 14.7 Å². The molecule has 1 aromatic carbocycles. The number of hydrogen-bond acceptors (Lipinski definition) is 2. The summed E-state index contributed by atoms with van der Waals surface area (Å²) in [5.74, 6) is -0.597. The Bertz CT molecular complexity index is 515. The molecule has 2 rings (SSSR count). The molecule has 1 aliphatic rings. The largest absolute Gasteiger partial charge is 0.478 e. The molecule has 1 fully saturated rings. The lowest BCUT2D eigenvalue weighted by Gasteiger charge is -2.20. The maximum absolute atomic E-state index is 12.1. The van der Waals surface area contributed by atoms with E-state index in [2.05, 4.69) is 15.9 Å². The van der Waals surface area contributed by atoms with Gasteiger partial charge in [-0.2, -0.15) is 0 Å². The topological polar surface area (TPSA) is 57.6 Å². The van der Waals surface area contributed by atoms with Gasteiger partial charge in [0, 0.05) is 24.0 Å². The molecule has 1 atom stereocenters. The van der Waals surface area contributed by atoms with Gasteiger partial charge in [0.15, 0.2) is 0 Å². The number of benzene rings is 1. The first-order valence-electron chi connectivity index (χ1n) is 6.29. The monoisotopic (exact) mass is 325 g/mol. The van der Waals surface area contributed by atoms with E-state index in [1.54, 1.807) is 23.1 Å². The number of aromatic carboxylic acids is 1. The lowest BCUT2D eigenvalue weighted by molar-refractivity contribution is -0.117. The number of amides is 1. The van der Waals surface area contributed by atoms with Crippen molar-refractivity contribution in [2.45, 2.75) is 19.8 Å². The minimum Gasteiger partial charge on any atom is -0.478 e. The van der Waals surface area contributed by atoms with Crippen LogP contribution in [-0.4, -0.2) is 28.9 Å². The van der Waals surface area contributed by atoms with Crippen molar-refractivity contribution in [3.63, 3.8) is 0 Å². The zero-order chi connectivity index (χ0) is 14.0. The summed E-state index contributed by atoms with van der Waals surface area (Å²) >= 11 is 3.40. The molecule has 1 aromatic rings. The molecule has 19 heavy (non-hydrogen) atoms. The van der Waals surface area contributed by atoms with Crippen molar-refractivity contribution in [3.8, 4) is 0 Å². The Kier molecular flexibility index (Phi) is 4.24. The van der Waals surface area contributed by atoms with Gasteiger partial charge in [0.05, 0.1) is 5.56 Å². The number of aryl methyl sites for hydroxylation is 1. The number of carbonyl (C=O) groups excluding carboxylic acids is 1. The van der Waals surface area contributed by atoms with Crippen LogP contribution in [0.4, 0.5) is 5.69 Å². The SMILES string of the molecule is CCc1ccc(C(=O)O)cc1N1CC(CBr)CC1=O. The van der Waals surface area contributed by atoms with Crippen LogP contribution < -0.4 is 4.90 Å². The standard InChI is InChI=1S/C14H16BrNO3/c1-2-10-3-4-11(14(18)19)6-12(10)16-8-9(7-15)5-13(16)17/h3-4,6,9H,2,5,7-8H2,1H3,(H,18,19). The van der Waals surface area contributed by atoms with Crippen LogP contribution in [-0.2, 0) is 11.2 Å². The van der Waals surface area contributed by atoms with Gasteiger partial charge in [-0.05, 0) is 30.0 Å². The Morgan fingerprint density at radius 2 is 2.26 bits per heavy atom. The van der Waals surface area contributed by atoms with Gasteiger partial charge in [0.2, 0.25) is 5.91 Å². The Labute approximate surface area is 120 Å². The van der Waals surface area contributed by atoms with Crippen LogP contribution in [0.3, 0.4) is 0 Å². The zero-order valence-corrected chi connectivity index (χ0v) is 12.3. The molecule has 0 spiro atoms. The smallest absolute Gasteiger partial charge is 0.335 e. The molecule has 0 aliphatic carbocycles. The number of hydrogen-bond donors (Lipinski definition) is 1. The van der Waals surface area contributed by atoms with Gasteiger partial charge in [0.25, 0.3) is 0 Å². The van der Waals surface area contributed by atoms with E-state index >= 15 is 0 Å². The first kappa shape index (κ1) is 14.1. The van der Waals surface area contributed by atoms with Crippen molar-refractivity contribution in [2.24, 2.45) is 5.92 Å². The van der Waals surface area contributed by atoms with E-state index in [0.717, 1.165) is 23.0 Å². The number of carbonyl (C=O) groups is 2. The highest BCUT2D eigenvalue weighted by Crippen LogP contribution is 2.30. The number of halogens is 1. The van der Waals surface area contributed by atoms with Gasteiger partial charge in [0.1, 0.15) is 0 Å². The van der Waals surface area contributed by atoms with Gasteiger partial charge in [-0.1, -0.05) is 28.9 Å². The van der Waals surface area contributed by atoms with Gasteiger partial charge in [-0.3, -0.25) is 4.79 Å². The maximum Gasteiger partial charge on any atom is 0.335 e. The number of anilines is 1. The van der Waals surface area contributed by atoms with Crippen LogP contribution in [0.1, 0.15) is 29.3 Å². The van der Waals surface area contributed by atoms with Crippen LogP contribution in [0, 0.1) is 5.92 Å². The van der Waals surface area contributed by atoms with Crippen molar-refractivity contribution in [1.29, 1.82) is 0 Å². The molecule has 0 radical (unpaired) electrons. The second-order valence-electron chi connectivity index (χ2n) is 4.73. The molecule has 4 nitrogen and oxygen atoms in total. The van der Waals surface area contributed by atoms with E-state index in [-0.39, 0.29) is 11.5 Å². The summed E-state index contributed by atoms with van der Waals surface area (Å²) < 4.78 is 0. The third-order valence-corrected chi connectivity index (χ3v) is 4.34. The first-order valence-corrected chi connectivity index (χ1v) is 7.41. The van der Waals surface area contributed by atoms with E-state index in [1.807, 2.05) is 6.92 Å². The number of rotatable bonds is 4. The molecular formula is C14H16BrNO3. The van der Waals surface area contributed by atoms with E-state index in [4.69, 9.17) is 5.11 Å². The Morgan fingerprint density at radius 1 is 1.53 bits per heavy atom. The van der Waals surface area contributed by atoms with E-state index in [0.29, 0.717) is 18.9 Å². The molecule has 0 aromatic heterocycles. The molecule has 0 saturated carbocycles. The lowest BCUT2D eigenvalue weighted by Crippen LogP contribution is -2.26. The van der Waals surface area contributed by atoms with Crippen molar-refractivity contribution in [1.82, 2.24) is 0 Å². The van der Waals surface area contributed by atoms with Crippen LogP contribution in [0.25, 0.3) is 0 Å². The van der Waals surface area contributed by atoms with Crippen molar-refractivity contribution >= 4 is 33.5 Å². The summed E-state index contributed by atoms with van der Waals surface area (Å²) in [6, 6.07) is 5.00. The quantitative estimate of drug-likeness (QED) is 0.866. The summed E-state index contributed by atoms with van der Waals surface area (Å²) in [5, 5.41) is 9.86. The third-order valence-electron chi connectivity index (χ3n) is 3.43. The Morgan fingerprint density at radius 3 is 2.79 bits per heavy atom. The molecule has 5 heteroatoms. The van der Waals surface area contributed by atoms with E-state index in [1.165, 1.54) is 0 Å². The van der Waals surface area contributed by atoms with Crippen LogP contribution in [0.5, 0.6) is 0 Å². The predicted molar refractivity (Wildman–Crippen MR) is 77.0 cm³/mol. The van der Waals surface area contributed by atoms with Crippen LogP contribution >= 0.6 is 15.9 Å². The molecular weight excluding hydrogens is 310 g/mol. The third kappa shape index (κ3) is 2.81. The summed E-state index contributed by atoms with van der Waals surface area (Å²) in [7, 11) is 0. The average Bonchev–Trinajstić information content (AvgIpc) is 2.79. The van der Waals surface area contributed by atoms with E-state index in [9.17, 15) is 9.59 Å². The highest BCUT2D eigenvalue weighted by Gasteiger charge is 2.31. The van der Waals surface area contributed by atoms with Gasteiger partial charge < -0.3 is 10.0 Å². The van der Waals surface area contributed by atoms with Crippen LogP contribution in [0.15, 0.2) is 18.2 Å². The molecule has 0 bridgehead atoms. The fourth-order valence-corrected chi connectivity index (χ4v) is 2.80. The average molecular weight is 326 g/mol. The second-order valence-corrected chi connectivity index (χ2v) is 5.38. The summed E-state index contributed by atoms with van der Waals surface area (Å²) in [5.41, 5.74) is 1.98. The van der Waals surface area contributed by atoms with Crippen molar-refractivity contribution in [3.05, 3.63) is 29.3 Å². The first-order chi connectivity index (χ1) is 9.06. The van der Waals surface area contributed by atoms with Gasteiger partial charge in [-0.25, -0.2) is 4.79 Å². The molecule has 1 heterocycles.